The number of thiazole rings is 1. The Bertz CT molecular complexity index is 852. The molecule has 1 heterocycles. The summed E-state index contributed by atoms with van der Waals surface area (Å²) in [6.07, 6.45) is 0. The number of halogens is 2. The Kier molecular flexibility index (Phi) is 6.79. The van der Waals surface area contributed by atoms with Gasteiger partial charge in [-0.2, -0.15) is 0 Å². The predicted molar refractivity (Wildman–Crippen MR) is 109 cm³/mol. The average molecular weight is 396 g/mol. The third-order valence-corrected chi connectivity index (χ3v) is 4.88. The van der Waals surface area contributed by atoms with Crippen molar-refractivity contribution in [3.8, 4) is 0 Å². The topological polar surface area (TPSA) is 36.4 Å². The molecule has 0 spiro atoms. The zero-order chi connectivity index (χ0) is 17.1. The lowest BCUT2D eigenvalue weighted by Gasteiger charge is -2.22. The Morgan fingerprint density at radius 3 is 2.52 bits per heavy atom. The van der Waals surface area contributed by atoms with Crippen molar-refractivity contribution in [2.24, 2.45) is 0 Å². The molecule has 2 aromatic carbocycles. The first-order valence-electron chi connectivity index (χ1n) is 7.62. The number of amides is 1. The van der Waals surface area contributed by atoms with Gasteiger partial charge < -0.3 is 4.90 Å². The summed E-state index contributed by atoms with van der Waals surface area (Å²) >= 11 is 7.55. The lowest BCUT2D eigenvalue weighted by atomic mass is 10.2. The van der Waals surface area contributed by atoms with Gasteiger partial charge in [-0.25, -0.2) is 4.98 Å². The van der Waals surface area contributed by atoms with Crippen molar-refractivity contribution >= 4 is 56.6 Å². The molecule has 3 aromatic rings. The van der Waals surface area contributed by atoms with Crippen molar-refractivity contribution in [1.82, 2.24) is 9.88 Å². The zero-order valence-electron chi connectivity index (χ0n) is 14.0. The number of rotatable bonds is 5. The maximum Gasteiger partial charge on any atom is 0.260 e. The molecule has 0 unspecified atom stereocenters. The van der Waals surface area contributed by atoms with E-state index in [2.05, 4.69) is 9.88 Å². The highest BCUT2D eigenvalue weighted by atomic mass is 35.5. The molecule has 0 aliphatic heterocycles. The first-order chi connectivity index (χ1) is 11.5. The van der Waals surface area contributed by atoms with E-state index in [0.717, 1.165) is 16.8 Å². The smallest absolute Gasteiger partial charge is 0.260 e. The van der Waals surface area contributed by atoms with Crippen LogP contribution in [0.15, 0.2) is 48.5 Å². The second kappa shape index (κ2) is 8.63. The van der Waals surface area contributed by atoms with E-state index >= 15 is 0 Å². The minimum Gasteiger partial charge on any atom is -0.308 e. The van der Waals surface area contributed by atoms with Gasteiger partial charge in [0.2, 0.25) is 0 Å². The van der Waals surface area contributed by atoms with Crippen LogP contribution < -0.4 is 4.90 Å². The Morgan fingerprint density at radius 1 is 1.12 bits per heavy atom. The van der Waals surface area contributed by atoms with Crippen LogP contribution in [0.5, 0.6) is 0 Å². The number of likely N-dealkylation sites (N-methyl/N-ethyl adjacent to an activating group) is 1. The lowest BCUT2D eigenvalue weighted by molar-refractivity contribution is 0.0985. The summed E-state index contributed by atoms with van der Waals surface area (Å²) in [6.45, 7) is 1.34. The maximum atomic E-state index is 12.9. The van der Waals surface area contributed by atoms with E-state index in [9.17, 15) is 4.79 Å². The molecule has 0 N–H and O–H groups in total. The largest absolute Gasteiger partial charge is 0.308 e. The summed E-state index contributed by atoms with van der Waals surface area (Å²) in [4.78, 5) is 21.4. The number of hydrogen-bond acceptors (Lipinski definition) is 4. The van der Waals surface area contributed by atoms with Crippen LogP contribution in [-0.2, 0) is 0 Å². The van der Waals surface area contributed by atoms with E-state index in [0.29, 0.717) is 22.3 Å². The molecule has 3 rings (SSSR count). The molecule has 132 valence electrons. The summed E-state index contributed by atoms with van der Waals surface area (Å²) in [5, 5.41) is 1.37. The molecule has 0 atom stereocenters. The molecular weight excluding hydrogens is 377 g/mol. The minimum atomic E-state index is -0.0393. The van der Waals surface area contributed by atoms with Gasteiger partial charge in [-0.15, -0.1) is 12.4 Å². The van der Waals surface area contributed by atoms with Crippen LogP contribution in [0.4, 0.5) is 5.13 Å². The first kappa shape index (κ1) is 19.7. The van der Waals surface area contributed by atoms with Crippen LogP contribution in [0.1, 0.15) is 10.4 Å². The number of benzene rings is 2. The van der Waals surface area contributed by atoms with Crippen LogP contribution in [0.3, 0.4) is 0 Å². The molecule has 0 radical (unpaired) electrons. The highest BCUT2D eigenvalue weighted by Gasteiger charge is 2.21. The molecule has 25 heavy (non-hydrogen) atoms. The van der Waals surface area contributed by atoms with Gasteiger partial charge in [-0.3, -0.25) is 9.69 Å². The number of nitrogens with zero attached hydrogens (tertiary/aromatic N) is 3. The lowest BCUT2D eigenvalue weighted by Crippen LogP contribution is -2.36. The van der Waals surface area contributed by atoms with Crippen LogP contribution in [0, 0.1) is 0 Å². The molecule has 4 nitrogen and oxygen atoms in total. The fourth-order valence-corrected chi connectivity index (χ4v) is 3.59. The summed E-state index contributed by atoms with van der Waals surface area (Å²) in [7, 11) is 3.98. The highest BCUT2D eigenvalue weighted by molar-refractivity contribution is 7.22. The molecule has 0 bridgehead atoms. The van der Waals surface area contributed by atoms with Crippen LogP contribution in [-0.4, -0.2) is 43.0 Å². The van der Waals surface area contributed by atoms with Gasteiger partial charge in [0.05, 0.1) is 10.2 Å². The molecule has 7 heteroatoms. The van der Waals surface area contributed by atoms with Gasteiger partial charge in [-0.1, -0.05) is 41.1 Å². The first-order valence-corrected chi connectivity index (χ1v) is 8.82. The van der Waals surface area contributed by atoms with E-state index in [4.69, 9.17) is 11.6 Å². The monoisotopic (exact) mass is 395 g/mol. The number of fused-ring (bicyclic) bond motifs is 1. The maximum absolute atomic E-state index is 12.9. The average Bonchev–Trinajstić information content (AvgIpc) is 2.98. The van der Waals surface area contributed by atoms with Crippen LogP contribution in [0.25, 0.3) is 10.2 Å². The Hall–Kier alpha value is -1.66. The normalized spacial score (nSPS) is 10.7. The molecule has 0 fully saturated rings. The Morgan fingerprint density at radius 2 is 1.84 bits per heavy atom. The van der Waals surface area contributed by atoms with E-state index < -0.39 is 0 Å². The number of hydrogen-bond donors (Lipinski definition) is 0. The Labute approximate surface area is 162 Å². The van der Waals surface area contributed by atoms with Gasteiger partial charge in [0.15, 0.2) is 5.13 Å². The minimum absolute atomic E-state index is 0. The number of anilines is 1. The van der Waals surface area contributed by atoms with Gasteiger partial charge in [-0.05, 0) is 44.4 Å². The summed E-state index contributed by atoms with van der Waals surface area (Å²) in [5.74, 6) is -0.0393. The zero-order valence-corrected chi connectivity index (χ0v) is 16.4. The molecule has 0 saturated heterocycles. The third kappa shape index (κ3) is 4.70. The van der Waals surface area contributed by atoms with E-state index in [1.165, 1.54) is 11.3 Å². The van der Waals surface area contributed by atoms with Gasteiger partial charge in [0.1, 0.15) is 0 Å². The van der Waals surface area contributed by atoms with E-state index in [-0.39, 0.29) is 18.3 Å². The number of aromatic nitrogens is 1. The fourth-order valence-electron chi connectivity index (χ4n) is 2.32. The standard InChI is InChI=1S/C18H18ClN3OS.ClH/c1-21(2)10-11-22(17(23)13-6-4-3-5-7-13)18-20-15-9-8-14(19)12-16(15)24-18;/h3-9,12H,10-11H2,1-2H3;1H. The number of carbonyl (C=O) groups is 1. The second-order valence-electron chi connectivity index (χ2n) is 5.73. The van der Waals surface area contributed by atoms with E-state index in [1.54, 1.807) is 4.90 Å². The van der Waals surface area contributed by atoms with Gasteiger partial charge in [0.25, 0.3) is 5.91 Å². The molecule has 1 aromatic heterocycles. The van der Waals surface area contributed by atoms with Gasteiger partial charge in [0, 0.05) is 23.7 Å². The SMILES string of the molecule is CN(C)CCN(C(=O)c1ccccc1)c1nc2ccc(Cl)cc2s1.Cl. The van der Waals surface area contributed by atoms with Crippen molar-refractivity contribution < 1.29 is 4.79 Å². The quantitative estimate of drug-likeness (QED) is 0.634. The van der Waals surface area contributed by atoms with E-state index in [1.807, 2.05) is 62.6 Å². The van der Waals surface area contributed by atoms with Crippen molar-refractivity contribution in [2.75, 3.05) is 32.1 Å². The van der Waals surface area contributed by atoms with Crippen LogP contribution >= 0.6 is 35.3 Å². The van der Waals surface area contributed by atoms with Crippen molar-refractivity contribution in [3.05, 3.63) is 59.1 Å². The molecule has 0 aliphatic rings. The molecule has 0 saturated carbocycles. The molecule has 1 amide bonds. The van der Waals surface area contributed by atoms with Crippen molar-refractivity contribution in [1.29, 1.82) is 0 Å². The van der Waals surface area contributed by atoms with Crippen LogP contribution in [0.2, 0.25) is 5.02 Å². The predicted octanol–water partition coefficient (Wildman–Crippen LogP) is 4.58. The Balaban J connectivity index is 0.00000225. The third-order valence-electron chi connectivity index (χ3n) is 3.61. The van der Waals surface area contributed by atoms with Gasteiger partial charge >= 0.3 is 0 Å². The molecule has 0 aliphatic carbocycles. The highest BCUT2D eigenvalue weighted by Crippen LogP contribution is 2.31. The van der Waals surface area contributed by atoms with Crippen molar-refractivity contribution in [2.45, 2.75) is 0 Å². The second-order valence-corrected chi connectivity index (χ2v) is 7.18. The summed E-state index contributed by atoms with van der Waals surface area (Å²) in [5.41, 5.74) is 1.52. The fraction of sp³-hybridized carbons (Fsp3) is 0.222. The van der Waals surface area contributed by atoms with Crippen molar-refractivity contribution in [3.63, 3.8) is 0 Å². The molecular formula is C18H19Cl2N3OS. The summed E-state index contributed by atoms with van der Waals surface area (Å²) < 4.78 is 0.980. The number of carbonyl (C=O) groups excluding carboxylic acids is 1. The summed E-state index contributed by atoms with van der Waals surface area (Å²) in [6, 6.07) is 14.9.